The molecule has 0 fully saturated rings. The van der Waals surface area contributed by atoms with Crippen molar-refractivity contribution in [3.8, 4) is 0 Å². The number of ether oxygens (including phenoxy) is 1. The summed E-state index contributed by atoms with van der Waals surface area (Å²) in [6.07, 6.45) is 1.55. The molecule has 2 aromatic heterocycles. The van der Waals surface area contributed by atoms with E-state index in [1.54, 1.807) is 30.0 Å². The average molecular weight is 357 g/mol. The zero-order valence-corrected chi connectivity index (χ0v) is 14.9. The molecule has 0 aliphatic rings. The lowest BCUT2D eigenvalue weighted by Gasteiger charge is -2.12. The molecule has 0 bridgehead atoms. The van der Waals surface area contributed by atoms with Crippen LogP contribution >= 0.6 is 0 Å². The van der Waals surface area contributed by atoms with Gasteiger partial charge in [-0.15, -0.1) is 0 Å². The Morgan fingerprint density at radius 2 is 2.12 bits per heavy atom. The Labute approximate surface area is 150 Å². The summed E-state index contributed by atoms with van der Waals surface area (Å²) in [5.74, 6) is -0.496. The molecule has 7 nitrogen and oxygen atoms in total. The number of methoxy groups -OCH3 is 1. The first-order chi connectivity index (χ1) is 12.5. The second-order valence-electron chi connectivity index (χ2n) is 5.89. The molecule has 0 aliphatic heterocycles. The minimum Gasteiger partial charge on any atom is -0.383 e. The zero-order valence-electron chi connectivity index (χ0n) is 14.9. The van der Waals surface area contributed by atoms with Gasteiger partial charge in [0.1, 0.15) is 11.3 Å². The molecule has 1 aromatic carbocycles. The highest BCUT2D eigenvalue weighted by atomic mass is 19.1. The van der Waals surface area contributed by atoms with Crippen LogP contribution in [0.15, 0.2) is 30.5 Å². The summed E-state index contributed by atoms with van der Waals surface area (Å²) in [5.41, 5.74) is 0.989. The Morgan fingerprint density at radius 3 is 2.81 bits per heavy atom. The van der Waals surface area contributed by atoms with Gasteiger partial charge in [0.05, 0.1) is 18.4 Å². The van der Waals surface area contributed by atoms with Gasteiger partial charge < -0.3 is 14.6 Å². The third-order valence-corrected chi connectivity index (χ3v) is 3.92. The number of carbonyl (C=O) groups excluding carboxylic acids is 1. The number of ketones is 1. The van der Waals surface area contributed by atoms with E-state index in [0.29, 0.717) is 30.3 Å². The van der Waals surface area contributed by atoms with Crippen LogP contribution in [0.1, 0.15) is 30.0 Å². The summed E-state index contributed by atoms with van der Waals surface area (Å²) in [6.45, 7) is 4.80. The van der Waals surface area contributed by atoms with E-state index in [-0.39, 0.29) is 17.4 Å². The van der Waals surface area contributed by atoms with E-state index in [9.17, 15) is 9.18 Å². The van der Waals surface area contributed by atoms with Gasteiger partial charge in [-0.3, -0.25) is 4.79 Å². The predicted octanol–water partition coefficient (Wildman–Crippen LogP) is 2.66. The summed E-state index contributed by atoms with van der Waals surface area (Å²) in [4.78, 5) is 25.8. The summed E-state index contributed by atoms with van der Waals surface area (Å²) in [6, 6.07) is 5.89. The van der Waals surface area contributed by atoms with Crippen LogP contribution in [0.25, 0.3) is 11.2 Å². The monoisotopic (exact) mass is 357 g/mol. The molecule has 2 heterocycles. The Morgan fingerprint density at radius 1 is 1.35 bits per heavy atom. The van der Waals surface area contributed by atoms with Crippen molar-refractivity contribution < 1.29 is 13.9 Å². The van der Waals surface area contributed by atoms with Crippen molar-refractivity contribution in [2.45, 2.75) is 26.4 Å². The normalized spacial score (nSPS) is 12.3. The molecular weight excluding hydrogens is 337 g/mol. The van der Waals surface area contributed by atoms with E-state index in [1.165, 1.54) is 12.1 Å². The first kappa shape index (κ1) is 17.9. The van der Waals surface area contributed by atoms with Crippen LogP contribution in [0.5, 0.6) is 0 Å². The van der Waals surface area contributed by atoms with Crippen LogP contribution in [-0.2, 0) is 11.3 Å². The lowest BCUT2D eigenvalue weighted by Crippen LogP contribution is -2.22. The van der Waals surface area contributed by atoms with Gasteiger partial charge >= 0.3 is 0 Å². The molecule has 3 aromatic rings. The second kappa shape index (κ2) is 7.57. The largest absolute Gasteiger partial charge is 0.383 e. The van der Waals surface area contributed by atoms with Gasteiger partial charge in [0.15, 0.2) is 11.5 Å². The van der Waals surface area contributed by atoms with Crippen LogP contribution in [-0.4, -0.2) is 45.1 Å². The second-order valence-corrected chi connectivity index (χ2v) is 5.89. The number of anilines is 1. The zero-order chi connectivity index (χ0) is 18.7. The van der Waals surface area contributed by atoms with Gasteiger partial charge in [-0.1, -0.05) is 12.1 Å². The van der Waals surface area contributed by atoms with Crippen molar-refractivity contribution in [1.82, 2.24) is 19.5 Å². The van der Waals surface area contributed by atoms with Crippen LogP contribution in [0.2, 0.25) is 0 Å². The molecule has 3 rings (SSSR count). The van der Waals surface area contributed by atoms with Crippen molar-refractivity contribution in [3.05, 3.63) is 47.7 Å². The van der Waals surface area contributed by atoms with Gasteiger partial charge in [-0.2, -0.15) is 4.98 Å². The molecular formula is C18H20FN5O2. The smallest absolute Gasteiger partial charge is 0.231 e. The first-order valence-electron chi connectivity index (χ1n) is 8.33. The molecule has 0 aliphatic carbocycles. The molecule has 0 spiro atoms. The van der Waals surface area contributed by atoms with Crippen molar-refractivity contribution in [2.75, 3.05) is 19.0 Å². The maximum absolute atomic E-state index is 14.0. The summed E-state index contributed by atoms with van der Waals surface area (Å²) >= 11 is 0. The number of fused-ring (bicyclic) bond motifs is 1. The third-order valence-electron chi connectivity index (χ3n) is 3.92. The molecule has 0 saturated carbocycles. The number of carbonyl (C=O) groups is 1. The number of halogens is 1. The minimum absolute atomic E-state index is 0.0162. The Balaban J connectivity index is 2.02. The summed E-state index contributed by atoms with van der Waals surface area (Å²) in [5, 5.41) is 3.13. The first-order valence-corrected chi connectivity index (χ1v) is 8.33. The van der Waals surface area contributed by atoms with Crippen molar-refractivity contribution in [1.29, 1.82) is 0 Å². The summed E-state index contributed by atoms with van der Waals surface area (Å²) < 4.78 is 20.7. The molecule has 26 heavy (non-hydrogen) atoms. The van der Waals surface area contributed by atoms with Gasteiger partial charge in [-0.25, -0.2) is 14.4 Å². The fraction of sp³-hybridized carbons (Fsp3) is 0.333. The lowest BCUT2D eigenvalue weighted by atomic mass is 10.1. The number of hydrogen-bond donors (Lipinski definition) is 1. The van der Waals surface area contributed by atoms with E-state index >= 15 is 0 Å². The van der Waals surface area contributed by atoms with Crippen LogP contribution in [0.4, 0.5) is 10.3 Å². The number of nitrogens with one attached hydrogen (secondary N) is 1. The standard InChI is InChI=1S/C18H20FN5O2/c1-4-24-16-14(9-20-18(23-16)21-11(2)10-26-3)22-17(24)15(25)12-7-5-6-8-13(12)19/h5-9,11H,4,10H2,1-3H3,(H,20,21,23)/t11-/m0/s1. The average Bonchev–Trinajstić information content (AvgIpc) is 2.99. The minimum atomic E-state index is -0.575. The van der Waals surface area contributed by atoms with Crippen molar-refractivity contribution in [3.63, 3.8) is 0 Å². The van der Waals surface area contributed by atoms with E-state index in [1.807, 2.05) is 13.8 Å². The van der Waals surface area contributed by atoms with Gasteiger partial charge in [0.25, 0.3) is 0 Å². The van der Waals surface area contributed by atoms with Crippen LogP contribution < -0.4 is 5.32 Å². The lowest BCUT2D eigenvalue weighted by molar-refractivity contribution is 0.102. The molecule has 1 atom stereocenters. The number of benzene rings is 1. The third kappa shape index (κ3) is 3.41. The quantitative estimate of drug-likeness (QED) is 0.655. The number of aromatic nitrogens is 4. The van der Waals surface area contributed by atoms with E-state index in [0.717, 1.165) is 0 Å². The SMILES string of the molecule is CCn1c(C(=O)c2ccccc2F)nc2cnc(N[C@@H](C)COC)nc21. The highest BCUT2D eigenvalue weighted by Gasteiger charge is 2.22. The van der Waals surface area contributed by atoms with Crippen LogP contribution in [0, 0.1) is 5.82 Å². The fourth-order valence-electron chi connectivity index (χ4n) is 2.74. The Hall–Kier alpha value is -2.87. The Bertz CT molecular complexity index is 940. The van der Waals surface area contributed by atoms with E-state index < -0.39 is 11.6 Å². The molecule has 0 radical (unpaired) electrons. The number of nitrogens with zero attached hydrogens (tertiary/aromatic N) is 4. The maximum Gasteiger partial charge on any atom is 0.231 e. The summed E-state index contributed by atoms with van der Waals surface area (Å²) in [7, 11) is 1.62. The number of aryl methyl sites for hydroxylation is 1. The van der Waals surface area contributed by atoms with Gasteiger partial charge in [-0.05, 0) is 26.0 Å². The van der Waals surface area contributed by atoms with E-state index in [4.69, 9.17) is 4.74 Å². The highest BCUT2D eigenvalue weighted by molar-refractivity contribution is 6.08. The van der Waals surface area contributed by atoms with E-state index in [2.05, 4.69) is 20.3 Å². The molecule has 0 amide bonds. The molecule has 0 unspecified atom stereocenters. The molecule has 136 valence electrons. The van der Waals surface area contributed by atoms with Gasteiger partial charge in [0, 0.05) is 19.7 Å². The molecule has 8 heteroatoms. The van der Waals surface area contributed by atoms with Crippen molar-refractivity contribution >= 4 is 22.9 Å². The maximum atomic E-state index is 14.0. The topological polar surface area (TPSA) is 81.9 Å². The fourth-order valence-corrected chi connectivity index (χ4v) is 2.74. The number of rotatable bonds is 7. The van der Waals surface area contributed by atoms with Crippen LogP contribution in [0.3, 0.4) is 0 Å². The molecule has 1 N–H and O–H groups in total. The number of imidazole rings is 1. The molecule has 0 saturated heterocycles. The highest BCUT2D eigenvalue weighted by Crippen LogP contribution is 2.19. The Kier molecular flexibility index (Phi) is 5.22. The van der Waals surface area contributed by atoms with Crippen molar-refractivity contribution in [2.24, 2.45) is 0 Å². The van der Waals surface area contributed by atoms with Gasteiger partial charge in [0.2, 0.25) is 11.7 Å². The predicted molar refractivity (Wildman–Crippen MR) is 95.8 cm³/mol. The number of hydrogen-bond acceptors (Lipinski definition) is 6.